The van der Waals surface area contributed by atoms with Crippen LogP contribution in [0.3, 0.4) is 0 Å². The van der Waals surface area contributed by atoms with Crippen LogP contribution in [0, 0.1) is 23.2 Å². The zero-order chi connectivity index (χ0) is 28.9. The molecule has 1 N–H and O–H groups in total. The molecule has 0 amide bonds. The first-order chi connectivity index (χ1) is 20.3. The molecule has 42 heavy (non-hydrogen) atoms. The van der Waals surface area contributed by atoms with Crippen LogP contribution in [0.1, 0.15) is 99.8 Å². The zero-order valence-corrected chi connectivity index (χ0v) is 24.9. The van der Waals surface area contributed by atoms with Crippen LogP contribution < -0.4 is 11.3 Å². The van der Waals surface area contributed by atoms with Crippen LogP contribution in [-0.4, -0.2) is 19.7 Å². The second kappa shape index (κ2) is 10.7. The molecule has 3 aromatic rings. The summed E-state index contributed by atoms with van der Waals surface area (Å²) in [4.78, 5) is 33.5. The quantitative estimate of drug-likeness (QED) is 0.325. The first-order valence-corrected chi connectivity index (χ1v) is 15.9. The van der Waals surface area contributed by atoms with Gasteiger partial charge in [-0.25, -0.2) is 9.78 Å². The van der Waals surface area contributed by atoms with Crippen molar-refractivity contribution in [2.45, 2.75) is 96.4 Å². The van der Waals surface area contributed by atoms with Gasteiger partial charge in [0.05, 0.1) is 17.4 Å². The monoisotopic (exact) mass is 566 g/mol. The van der Waals surface area contributed by atoms with E-state index in [1.165, 1.54) is 38.5 Å². The molecule has 0 radical (unpaired) electrons. The minimum absolute atomic E-state index is 0.151. The number of hydrogen-bond donors (Lipinski definition) is 1. The smallest absolute Gasteiger partial charge is 0.298 e. The van der Waals surface area contributed by atoms with Crippen LogP contribution in [0.2, 0.25) is 0 Å². The fourth-order valence-electron chi connectivity index (χ4n) is 9.14. The van der Waals surface area contributed by atoms with Gasteiger partial charge in [0.1, 0.15) is 0 Å². The zero-order valence-electron chi connectivity index (χ0n) is 24.9. The Kier molecular flexibility index (Phi) is 6.94. The summed E-state index contributed by atoms with van der Waals surface area (Å²) < 4.78 is 6.81. The Morgan fingerprint density at radius 2 is 1.76 bits per heavy atom. The van der Waals surface area contributed by atoms with Gasteiger partial charge >= 0.3 is 5.76 Å². The number of aryl methyl sites for hydroxylation is 1. The molecule has 5 aliphatic carbocycles. The van der Waals surface area contributed by atoms with E-state index in [9.17, 15) is 9.59 Å². The third kappa shape index (κ3) is 4.95. The summed E-state index contributed by atoms with van der Waals surface area (Å²) in [5, 5.41) is 4.02. The van der Waals surface area contributed by atoms with E-state index in [1.807, 2.05) is 17.0 Å². The molecular weight excluding hydrogens is 524 g/mol. The molecule has 5 aliphatic rings. The van der Waals surface area contributed by atoms with E-state index >= 15 is 0 Å². The second-order valence-corrected chi connectivity index (χ2v) is 14.0. The summed E-state index contributed by atoms with van der Waals surface area (Å²) >= 11 is 0. The number of aromatic nitrogens is 4. The molecule has 8 rings (SSSR count). The van der Waals surface area contributed by atoms with Crippen molar-refractivity contribution in [1.29, 1.82) is 0 Å². The van der Waals surface area contributed by atoms with E-state index in [4.69, 9.17) is 9.51 Å². The van der Waals surface area contributed by atoms with Crippen molar-refractivity contribution in [2.75, 3.05) is 0 Å². The molecule has 2 aromatic heterocycles. The predicted octanol–water partition coefficient (Wildman–Crippen LogP) is 6.37. The SMILES string of the molecule is CCCCc1ncn(CC23CC4CC(CC(C4)C2)C3)c(=O)c1Cc1ccc(C2=CC=CCC2(C)c2noc(=O)[nH]2)cc1. The van der Waals surface area contributed by atoms with Crippen molar-refractivity contribution in [3.05, 3.63) is 97.9 Å². The van der Waals surface area contributed by atoms with E-state index in [1.54, 1.807) is 0 Å². The van der Waals surface area contributed by atoms with Crippen molar-refractivity contribution in [3.8, 4) is 0 Å². The second-order valence-electron chi connectivity index (χ2n) is 14.0. The minimum atomic E-state index is -0.542. The van der Waals surface area contributed by atoms with Gasteiger partial charge in [0.15, 0.2) is 5.82 Å². The van der Waals surface area contributed by atoms with Crippen LogP contribution in [0.15, 0.2) is 62.9 Å². The first-order valence-electron chi connectivity index (χ1n) is 15.9. The van der Waals surface area contributed by atoms with Crippen LogP contribution in [0.4, 0.5) is 0 Å². The summed E-state index contributed by atoms with van der Waals surface area (Å²) in [6, 6.07) is 8.49. The van der Waals surface area contributed by atoms with Gasteiger partial charge < -0.3 is 0 Å². The summed E-state index contributed by atoms with van der Waals surface area (Å²) in [6.07, 6.45) is 20.4. The molecule has 220 valence electrons. The molecule has 4 fully saturated rings. The molecule has 1 atom stereocenters. The average Bonchev–Trinajstić information content (AvgIpc) is 3.42. The Morgan fingerprint density at radius 3 is 2.40 bits per heavy atom. The molecule has 4 saturated carbocycles. The maximum atomic E-state index is 14.1. The third-order valence-corrected chi connectivity index (χ3v) is 10.8. The number of allylic oxidation sites excluding steroid dienone is 4. The standard InChI is InChI=1S/C35H42N4O3/c1-3-4-8-30-28(31(40)39(22-36-30)21-35-18-24-14-25(19-35)16-26(15-24)20-35)17-23-9-11-27(12-10-23)29-7-5-6-13-34(29,2)32-37-33(41)42-38-32/h5-7,9-12,22,24-26H,3-4,8,13-21H2,1-2H3,(H,37,38,41). The average molecular weight is 567 g/mol. The van der Waals surface area contributed by atoms with Gasteiger partial charge in [0, 0.05) is 18.5 Å². The van der Waals surface area contributed by atoms with Crippen molar-refractivity contribution in [3.63, 3.8) is 0 Å². The van der Waals surface area contributed by atoms with Gasteiger partial charge in [-0.1, -0.05) is 61.0 Å². The van der Waals surface area contributed by atoms with E-state index < -0.39 is 11.2 Å². The molecule has 0 saturated heterocycles. The fraction of sp³-hybridized carbons (Fsp3) is 0.543. The molecule has 4 bridgehead atoms. The Balaban J connectivity index is 1.16. The van der Waals surface area contributed by atoms with Gasteiger partial charge in [-0.3, -0.25) is 18.9 Å². The summed E-state index contributed by atoms with van der Waals surface area (Å²) in [5.74, 6) is 2.58. The molecule has 2 heterocycles. The number of rotatable bonds is 9. The molecule has 0 spiro atoms. The van der Waals surface area contributed by atoms with Crippen molar-refractivity contribution in [2.24, 2.45) is 23.2 Å². The van der Waals surface area contributed by atoms with Crippen LogP contribution in [-0.2, 0) is 24.8 Å². The van der Waals surface area contributed by atoms with Gasteiger partial charge in [-0.05, 0) is 105 Å². The summed E-state index contributed by atoms with van der Waals surface area (Å²) in [6.45, 7) is 5.09. The molecule has 7 heteroatoms. The van der Waals surface area contributed by atoms with E-state index in [0.29, 0.717) is 18.7 Å². The highest BCUT2D eigenvalue weighted by atomic mass is 16.5. The number of nitrogens with one attached hydrogen (secondary N) is 1. The highest BCUT2D eigenvalue weighted by Crippen LogP contribution is 2.60. The van der Waals surface area contributed by atoms with Gasteiger partial charge in [0.25, 0.3) is 5.56 Å². The van der Waals surface area contributed by atoms with Crippen LogP contribution >= 0.6 is 0 Å². The maximum Gasteiger partial charge on any atom is 0.438 e. The first kappa shape index (κ1) is 27.4. The molecule has 1 unspecified atom stereocenters. The summed E-state index contributed by atoms with van der Waals surface area (Å²) in [7, 11) is 0. The fourth-order valence-corrected chi connectivity index (χ4v) is 9.14. The Hall–Kier alpha value is -3.48. The normalized spacial score (nSPS) is 29.7. The van der Waals surface area contributed by atoms with Gasteiger partial charge in [-0.15, -0.1) is 0 Å². The Bertz CT molecular complexity index is 1600. The molecule has 1 aromatic carbocycles. The van der Waals surface area contributed by atoms with E-state index in [0.717, 1.165) is 71.5 Å². The number of aromatic amines is 1. The highest BCUT2D eigenvalue weighted by Gasteiger charge is 2.51. The largest absolute Gasteiger partial charge is 0.438 e. The van der Waals surface area contributed by atoms with E-state index in [-0.39, 0.29) is 11.0 Å². The molecule has 7 nitrogen and oxygen atoms in total. The number of benzene rings is 1. The van der Waals surface area contributed by atoms with Gasteiger partial charge in [0.2, 0.25) is 0 Å². The Morgan fingerprint density at radius 1 is 1.05 bits per heavy atom. The van der Waals surface area contributed by atoms with Crippen molar-refractivity contribution < 1.29 is 4.52 Å². The number of unbranched alkanes of at least 4 members (excludes halogenated alkanes) is 1. The maximum absolute atomic E-state index is 14.1. The lowest BCUT2D eigenvalue weighted by atomic mass is 9.49. The molecular formula is C35H42N4O3. The van der Waals surface area contributed by atoms with Gasteiger partial charge in [-0.2, -0.15) is 0 Å². The van der Waals surface area contributed by atoms with Crippen LogP contribution in [0.5, 0.6) is 0 Å². The predicted molar refractivity (Wildman–Crippen MR) is 163 cm³/mol. The topological polar surface area (TPSA) is 93.8 Å². The minimum Gasteiger partial charge on any atom is -0.298 e. The van der Waals surface area contributed by atoms with E-state index in [2.05, 4.69) is 60.4 Å². The lowest BCUT2D eigenvalue weighted by Gasteiger charge is -2.57. The third-order valence-electron chi connectivity index (χ3n) is 10.8. The number of nitrogens with zero attached hydrogens (tertiary/aromatic N) is 3. The van der Waals surface area contributed by atoms with Crippen molar-refractivity contribution >= 4 is 5.57 Å². The summed E-state index contributed by atoms with van der Waals surface area (Å²) in [5.41, 5.74) is 4.99. The van der Waals surface area contributed by atoms with Crippen LogP contribution in [0.25, 0.3) is 5.57 Å². The Labute approximate surface area is 247 Å². The highest BCUT2D eigenvalue weighted by molar-refractivity contribution is 5.76. The molecule has 0 aliphatic heterocycles. The lowest BCUT2D eigenvalue weighted by Crippen LogP contribution is -2.49. The lowest BCUT2D eigenvalue weighted by molar-refractivity contribution is -0.0625. The van der Waals surface area contributed by atoms with Crippen molar-refractivity contribution in [1.82, 2.24) is 19.7 Å². The number of H-pyrrole nitrogens is 1. The number of hydrogen-bond acceptors (Lipinski definition) is 5.